The first-order chi connectivity index (χ1) is 9.70. The highest BCUT2D eigenvalue weighted by Gasteiger charge is 2.21. The molecule has 2 aliphatic carbocycles. The van der Waals surface area contributed by atoms with E-state index >= 15 is 0 Å². The zero-order valence-electron chi connectivity index (χ0n) is 12.7. The molecule has 0 bridgehead atoms. The molecule has 0 saturated heterocycles. The molecule has 0 atom stereocenters. The molecular weight excluding hydrogens is 248 g/mol. The lowest BCUT2D eigenvalue weighted by molar-refractivity contribution is 0.290. The Morgan fingerprint density at radius 2 is 2.05 bits per heavy atom. The molecule has 1 aromatic heterocycles. The first-order valence-electron chi connectivity index (χ1n) is 8.08. The van der Waals surface area contributed by atoms with Gasteiger partial charge in [0.25, 0.3) is 0 Å². The Kier molecular flexibility index (Phi) is 4.25. The molecule has 0 spiro atoms. The van der Waals surface area contributed by atoms with Crippen molar-refractivity contribution in [2.24, 2.45) is 5.92 Å². The lowest BCUT2D eigenvalue weighted by Gasteiger charge is -2.12. The molecule has 0 aromatic carbocycles. The fourth-order valence-electron chi connectivity index (χ4n) is 2.34. The second-order valence-electron chi connectivity index (χ2n) is 6.63. The predicted molar refractivity (Wildman–Crippen MR) is 81.0 cm³/mol. The maximum absolute atomic E-state index is 5.87. The molecular formula is C17H26N2O. The van der Waals surface area contributed by atoms with Gasteiger partial charge in [0.2, 0.25) is 5.88 Å². The number of hydrogen-bond acceptors (Lipinski definition) is 3. The maximum atomic E-state index is 5.87. The van der Waals surface area contributed by atoms with Gasteiger partial charge in [-0.3, -0.25) is 0 Å². The van der Waals surface area contributed by atoms with Gasteiger partial charge in [-0.05, 0) is 42.7 Å². The van der Waals surface area contributed by atoms with Gasteiger partial charge in [0.15, 0.2) is 0 Å². The first-order valence-corrected chi connectivity index (χ1v) is 8.08. The number of rotatable bonds is 8. The molecule has 0 unspecified atom stereocenters. The van der Waals surface area contributed by atoms with Crippen molar-refractivity contribution in [2.75, 3.05) is 6.61 Å². The van der Waals surface area contributed by atoms with Crippen molar-refractivity contribution >= 4 is 0 Å². The van der Waals surface area contributed by atoms with Crippen molar-refractivity contribution in [3.63, 3.8) is 0 Å². The Bertz CT molecular complexity index is 450. The summed E-state index contributed by atoms with van der Waals surface area (Å²) in [5, 5.41) is 3.57. The number of nitrogens with one attached hydrogen (secondary N) is 1. The molecule has 2 saturated carbocycles. The van der Waals surface area contributed by atoms with Crippen LogP contribution in [0.25, 0.3) is 0 Å². The topological polar surface area (TPSA) is 34.1 Å². The zero-order valence-corrected chi connectivity index (χ0v) is 12.7. The quantitative estimate of drug-likeness (QED) is 0.786. The van der Waals surface area contributed by atoms with Crippen LogP contribution in [0.5, 0.6) is 5.88 Å². The highest BCUT2D eigenvalue weighted by atomic mass is 16.5. The van der Waals surface area contributed by atoms with Crippen molar-refractivity contribution in [1.29, 1.82) is 0 Å². The van der Waals surface area contributed by atoms with Crippen LogP contribution in [0.3, 0.4) is 0 Å². The molecule has 20 heavy (non-hydrogen) atoms. The minimum atomic E-state index is 0.446. The van der Waals surface area contributed by atoms with Crippen LogP contribution < -0.4 is 10.1 Å². The van der Waals surface area contributed by atoms with Crippen LogP contribution in [-0.4, -0.2) is 17.6 Å². The van der Waals surface area contributed by atoms with E-state index in [1.807, 2.05) is 0 Å². The summed E-state index contributed by atoms with van der Waals surface area (Å²) < 4.78 is 5.87. The van der Waals surface area contributed by atoms with Crippen molar-refractivity contribution in [1.82, 2.24) is 10.3 Å². The van der Waals surface area contributed by atoms with Crippen LogP contribution in [0.4, 0.5) is 0 Å². The Balaban J connectivity index is 1.61. The number of hydrogen-bond donors (Lipinski definition) is 1. The minimum absolute atomic E-state index is 0.446. The molecule has 1 N–H and O–H groups in total. The lowest BCUT2D eigenvalue weighted by atomic mass is 10.1. The van der Waals surface area contributed by atoms with E-state index in [9.17, 15) is 0 Å². The average Bonchev–Trinajstić information content (AvgIpc) is 3.30. The number of ether oxygens (including phenoxy) is 1. The van der Waals surface area contributed by atoms with E-state index < -0.39 is 0 Å². The largest absolute Gasteiger partial charge is 0.478 e. The second kappa shape index (κ2) is 6.13. The lowest BCUT2D eigenvalue weighted by Crippen LogP contribution is -2.16. The molecule has 0 amide bonds. The van der Waals surface area contributed by atoms with Gasteiger partial charge in [-0.25, -0.2) is 4.98 Å². The summed E-state index contributed by atoms with van der Waals surface area (Å²) in [6.45, 7) is 6.13. The molecule has 0 radical (unpaired) electrons. The third-order valence-electron chi connectivity index (χ3n) is 4.12. The van der Waals surface area contributed by atoms with Crippen molar-refractivity contribution in [3.05, 3.63) is 23.4 Å². The van der Waals surface area contributed by atoms with Gasteiger partial charge in [-0.2, -0.15) is 0 Å². The highest BCUT2D eigenvalue weighted by Crippen LogP contribution is 2.32. The van der Waals surface area contributed by atoms with Gasteiger partial charge < -0.3 is 10.1 Å². The van der Waals surface area contributed by atoms with Gasteiger partial charge in [0.1, 0.15) is 0 Å². The highest BCUT2D eigenvalue weighted by molar-refractivity contribution is 5.27. The molecule has 3 heteroatoms. The number of pyridine rings is 1. The summed E-state index contributed by atoms with van der Waals surface area (Å²) >= 11 is 0. The minimum Gasteiger partial charge on any atom is -0.478 e. The van der Waals surface area contributed by atoms with Crippen LogP contribution in [0.2, 0.25) is 0 Å². The molecule has 3 nitrogen and oxygen atoms in total. The Hall–Kier alpha value is -1.09. The Morgan fingerprint density at radius 1 is 1.25 bits per heavy atom. The summed E-state index contributed by atoms with van der Waals surface area (Å²) in [5.41, 5.74) is 2.44. The SMILES string of the molecule is CC(C)c1cc(CNC2CC2)cc(OCCC2CC2)n1. The molecule has 1 heterocycles. The van der Waals surface area contributed by atoms with Crippen LogP contribution in [-0.2, 0) is 6.54 Å². The summed E-state index contributed by atoms with van der Waals surface area (Å²) in [7, 11) is 0. The monoisotopic (exact) mass is 274 g/mol. The van der Waals surface area contributed by atoms with Crippen LogP contribution in [0.1, 0.15) is 63.1 Å². The maximum Gasteiger partial charge on any atom is 0.213 e. The number of aromatic nitrogens is 1. The van der Waals surface area contributed by atoms with Crippen molar-refractivity contribution in [2.45, 2.75) is 64.5 Å². The molecule has 2 aliphatic rings. The molecule has 0 aliphatic heterocycles. The first kappa shape index (κ1) is 13.9. The Labute approximate surface area is 122 Å². The van der Waals surface area contributed by atoms with Gasteiger partial charge in [-0.15, -0.1) is 0 Å². The third kappa shape index (κ3) is 4.20. The van der Waals surface area contributed by atoms with Crippen LogP contribution in [0, 0.1) is 5.92 Å². The van der Waals surface area contributed by atoms with Gasteiger partial charge in [-0.1, -0.05) is 26.7 Å². The summed E-state index contributed by atoms with van der Waals surface area (Å²) in [6.07, 6.45) is 6.61. The standard InChI is InChI=1S/C17H26N2O/c1-12(2)16-9-14(11-18-15-5-6-15)10-17(19-16)20-8-7-13-3-4-13/h9-10,12-13,15,18H,3-8,11H2,1-2H3. The van der Waals surface area contributed by atoms with E-state index in [4.69, 9.17) is 4.74 Å². The van der Waals surface area contributed by atoms with Crippen molar-refractivity contribution in [3.8, 4) is 5.88 Å². The van der Waals surface area contributed by atoms with Crippen molar-refractivity contribution < 1.29 is 4.74 Å². The van der Waals surface area contributed by atoms with Crippen LogP contribution in [0.15, 0.2) is 12.1 Å². The van der Waals surface area contributed by atoms with Gasteiger partial charge >= 0.3 is 0 Å². The Morgan fingerprint density at radius 3 is 2.70 bits per heavy atom. The molecule has 1 aromatic rings. The van der Waals surface area contributed by atoms with E-state index in [2.05, 4.69) is 36.3 Å². The summed E-state index contributed by atoms with van der Waals surface area (Å²) in [5.74, 6) is 2.17. The van der Waals surface area contributed by atoms with E-state index in [0.29, 0.717) is 5.92 Å². The zero-order chi connectivity index (χ0) is 13.9. The van der Waals surface area contributed by atoms with Gasteiger partial charge in [0.05, 0.1) is 6.61 Å². The van der Waals surface area contributed by atoms with E-state index in [0.717, 1.165) is 36.7 Å². The van der Waals surface area contributed by atoms with Crippen LogP contribution >= 0.6 is 0 Å². The smallest absolute Gasteiger partial charge is 0.213 e. The summed E-state index contributed by atoms with van der Waals surface area (Å²) in [4.78, 5) is 4.64. The van der Waals surface area contributed by atoms with E-state index in [1.165, 1.54) is 37.7 Å². The molecule has 2 fully saturated rings. The fraction of sp³-hybridized carbons (Fsp3) is 0.706. The molecule has 110 valence electrons. The average molecular weight is 274 g/mol. The van der Waals surface area contributed by atoms with E-state index in [-0.39, 0.29) is 0 Å². The third-order valence-corrected chi connectivity index (χ3v) is 4.12. The fourth-order valence-corrected chi connectivity index (χ4v) is 2.34. The predicted octanol–water partition coefficient (Wildman–Crippen LogP) is 3.64. The normalized spacial score (nSPS) is 18.6. The summed E-state index contributed by atoms with van der Waals surface area (Å²) in [6, 6.07) is 5.06. The van der Waals surface area contributed by atoms with E-state index in [1.54, 1.807) is 0 Å². The van der Waals surface area contributed by atoms with Gasteiger partial charge in [0, 0.05) is 24.3 Å². The number of nitrogens with zero attached hydrogens (tertiary/aromatic N) is 1. The second-order valence-corrected chi connectivity index (χ2v) is 6.63. The molecule has 3 rings (SSSR count).